The zero-order valence-electron chi connectivity index (χ0n) is 9.58. The standard InChI is InChI=1S/C11H21N3O/c1-4-5-8-13-9-6-7-11(2,3)10(12)14-15/h1,13,15H,5-9H2,2-3H3,(H2,12,14). The van der Waals surface area contributed by atoms with Crippen molar-refractivity contribution in [2.24, 2.45) is 16.3 Å². The zero-order valence-corrected chi connectivity index (χ0v) is 9.58. The van der Waals surface area contributed by atoms with Crippen molar-refractivity contribution in [1.82, 2.24) is 5.32 Å². The third kappa shape index (κ3) is 5.97. The first-order valence-electron chi connectivity index (χ1n) is 5.17. The van der Waals surface area contributed by atoms with Gasteiger partial charge in [0.1, 0.15) is 5.84 Å². The third-order valence-electron chi connectivity index (χ3n) is 2.40. The van der Waals surface area contributed by atoms with Crippen LogP contribution in [-0.4, -0.2) is 24.1 Å². The molecule has 0 saturated carbocycles. The van der Waals surface area contributed by atoms with Crippen LogP contribution in [0.1, 0.15) is 33.1 Å². The first-order chi connectivity index (χ1) is 7.04. The summed E-state index contributed by atoms with van der Waals surface area (Å²) < 4.78 is 0. The van der Waals surface area contributed by atoms with Gasteiger partial charge in [0.05, 0.1) is 0 Å². The van der Waals surface area contributed by atoms with E-state index in [9.17, 15) is 0 Å². The fourth-order valence-electron chi connectivity index (χ4n) is 1.20. The molecule has 0 aliphatic rings. The van der Waals surface area contributed by atoms with Gasteiger partial charge < -0.3 is 16.3 Å². The summed E-state index contributed by atoms with van der Waals surface area (Å²) in [4.78, 5) is 0. The Kier molecular flexibility index (Phi) is 6.56. The number of nitrogens with zero attached hydrogens (tertiary/aromatic N) is 1. The molecule has 0 atom stereocenters. The Bertz CT molecular complexity index is 241. The lowest BCUT2D eigenvalue weighted by atomic mass is 9.86. The van der Waals surface area contributed by atoms with Crippen LogP contribution in [0.4, 0.5) is 0 Å². The van der Waals surface area contributed by atoms with Crippen LogP contribution in [0.5, 0.6) is 0 Å². The molecule has 0 aliphatic carbocycles. The molecule has 0 amide bonds. The van der Waals surface area contributed by atoms with E-state index in [-0.39, 0.29) is 11.3 Å². The van der Waals surface area contributed by atoms with E-state index in [0.29, 0.717) is 0 Å². The predicted octanol–water partition coefficient (Wildman–Crippen LogP) is 1.15. The van der Waals surface area contributed by atoms with Gasteiger partial charge in [-0.1, -0.05) is 19.0 Å². The van der Waals surface area contributed by atoms with Gasteiger partial charge in [-0.3, -0.25) is 0 Å². The summed E-state index contributed by atoms with van der Waals surface area (Å²) in [6.45, 7) is 5.68. The van der Waals surface area contributed by atoms with Crippen LogP contribution in [0.2, 0.25) is 0 Å². The Morgan fingerprint density at radius 2 is 2.20 bits per heavy atom. The number of oxime groups is 1. The lowest BCUT2D eigenvalue weighted by molar-refractivity contribution is 0.304. The average molecular weight is 211 g/mol. The topological polar surface area (TPSA) is 70.6 Å². The molecule has 0 aromatic rings. The first-order valence-corrected chi connectivity index (χ1v) is 5.17. The Morgan fingerprint density at radius 3 is 2.73 bits per heavy atom. The number of terminal acetylenes is 1. The van der Waals surface area contributed by atoms with Gasteiger partial charge in [0.25, 0.3) is 0 Å². The summed E-state index contributed by atoms with van der Waals surface area (Å²) in [5, 5.41) is 14.8. The molecule has 0 aliphatic heterocycles. The van der Waals surface area contributed by atoms with E-state index >= 15 is 0 Å². The molecular formula is C11H21N3O. The van der Waals surface area contributed by atoms with Crippen molar-refractivity contribution >= 4 is 5.84 Å². The van der Waals surface area contributed by atoms with E-state index in [4.69, 9.17) is 17.4 Å². The highest BCUT2D eigenvalue weighted by atomic mass is 16.4. The van der Waals surface area contributed by atoms with Crippen LogP contribution in [0.15, 0.2) is 5.16 Å². The minimum absolute atomic E-state index is 0.247. The van der Waals surface area contributed by atoms with Gasteiger partial charge in [0.15, 0.2) is 0 Å². The third-order valence-corrected chi connectivity index (χ3v) is 2.40. The quantitative estimate of drug-likeness (QED) is 0.148. The van der Waals surface area contributed by atoms with Crippen molar-refractivity contribution in [1.29, 1.82) is 0 Å². The Hall–Kier alpha value is -1.21. The van der Waals surface area contributed by atoms with Crippen LogP contribution in [-0.2, 0) is 0 Å². The number of hydrogen-bond donors (Lipinski definition) is 3. The molecule has 4 nitrogen and oxygen atoms in total. The summed E-state index contributed by atoms with van der Waals surface area (Å²) in [7, 11) is 0. The van der Waals surface area contributed by atoms with Crippen LogP contribution in [0.25, 0.3) is 0 Å². The zero-order chi connectivity index (χ0) is 11.7. The Balaban J connectivity index is 3.63. The van der Waals surface area contributed by atoms with Crippen molar-refractivity contribution in [3.63, 3.8) is 0 Å². The Morgan fingerprint density at radius 1 is 1.53 bits per heavy atom. The molecule has 15 heavy (non-hydrogen) atoms. The minimum Gasteiger partial charge on any atom is -0.409 e. The fourth-order valence-corrected chi connectivity index (χ4v) is 1.20. The molecule has 4 N–H and O–H groups in total. The van der Waals surface area contributed by atoms with Crippen molar-refractivity contribution in [3.8, 4) is 12.3 Å². The maximum absolute atomic E-state index is 8.57. The van der Waals surface area contributed by atoms with Gasteiger partial charge in [0, 0.05) is 18.4 Å². The highest BCUT2D eigenvalue weighted by molar-refractivity contribution is 5.85. The summed E-state index contributed by atoms with van der Waals surface area (Å²) in [6, 6.07) is 0. The van der Waals surface area contributed by atoms with Crippen molar-refractivity contribution in [2.45, 2.75) is 33.1 Å². The van der Waals surface area contributed by atoms with Gasteiger partial charge in [-0.05, 0) is 19.4 Å². The molecule has 0 bridgehead atoms. The highest BCUT2D eigenvalue weighted by Crippen LogP contribution is 2.21. The maximum atomic E-state index is 8.57. The molecular weight excluding hydrogens is 190 g/mol. The van der Waals surface area contributed by atoms with Gasteiger partial charge >= 0.3 is 0 Å². The number of nitrogens with two attached hydrogens (primary N) is 1. The monoisotopic (exact) mass is 211 g/mol. The molecule has 86 valence electrons. The lowest BCUT2D eigenvalue weighted by Gasteiger charge is -2.22. The second kappa shape index (κ2) is 7.13. The maximum Gasteiger partial charge on any atom is 0.144 e. The Labute approximate surface area is 91.9 Å². The number of amidine groups is 1. The summed E-state index contributed by atoms with van der Waals surface area (Å²) in [6.07, 6.45) is 7.73. The fraction of sp³-hybridized carbons (Fsp3) is 0.727. The second-order valence-electron chi connectivity index (χ2n) is 4.18. The van der Waals surface area contributed by atoms with E-state index in [1.54, 1.807) is 0 Å². The molecule has 0 fully saturated rings. The smallest absolute Gasteiger partial charge is 0.144 e. The van der Waals surface area contributed by atoms with E-state index in [1.807, 2.05) is 13.8 Å². The summed E-state index contributed by atoms with van der Waals surface area (Å²) in [5.41, 5.74) is 5.32. The first kappa shape index (κ1) is 13.8. The van der Waals surface area contributed by atoms with Crippen LogP contribution >= 0.6 is 0 Å². The predicted molar refractivity (Wildman–Crippen MR) is 62.7 cm³/mol. The SMILES string of the molecule is C#CCCNCCCC(C)(C)C(N)=NO. The van der Waals surface area contributed by atoms with Gasteiger partial charge in [0.2, 0.25) is 0 Å². The molecule has 0 unspecified atom stereocenters. The molecule has 4 heteroatoms. The summed E-state index contributed by atoms with van der Waals surface area (Å²) >= 11 is 0. The molecule has 0 rings (SSSR count). The van der Waals surface area contributed by atoms with E-state index in [0.717, 1.165) is 32.4 Å². The normalized spacial score (nSPS) is 12.5. The lowest BCUT2D eigenvalue weighted by Crippen LogP contribution is -2.32. The number of nitrogens with one attached hydrogen (secondary N) is 1. The molecule has 0 heterocycles. The molecule has 0 radical (unpaired) electrons. The van der Waals surface area contributed by atoms with E-state index in [2.05, 4.69) is 16.4 Å². The van der Waals surface area contributed by atoms with E-state index in [1.165, 1.54) is 0 Å². The second-order valence-corrected chi connectivity index (χ2v) is 4.18. The van der Waals surface area contributed by atoms with Gasteiger partial charge in [-0.25, -0.2) is 0 Å². The number of rotatable bonds is 7. The van der Waals surface area contributed by atoms with Gasteiger partial charge in [-0.15, -0.1) is 12.3 Å². The van der Waals surface area contributed by atoms with E-state index < -0.39 is 0 Å². The van der Waals surface area contributed by atoms with Crippen LogP contribution < -0.4 is 11.1 Å². The number of hydrogen-bond acceptors (Lipinski definition) is 3. The molecule has 0 saturated heterocycles. The minimum atomic E-state index is -0.247. The van der Waals surface area contributed by atoms with Crippen molar-refractivity contribution < 1.29 is 5.21 Å². The van der Waals surface area contributed by atoms with Crippen LogP contribution in [0, 0.1) is 17.8 Å². The van der Waals surface area contributed by atoms with Crippen LogP contribution in [0.3, 0.4) is 0 Å². The highest BCUT2D eigenvalue weighted by Gasteiger charge is 2.22. The largest absolute Gasteiger partial charge is 0.409 e. The average Bonchev–Trinajstić information content (AvgIpc) is 2.22. The van der Waals surface area contributed by atoms with Gasteiger partial charge in [-0.2, -0.15) is 0 Å². The molecule has 0 aromatic heterocycles. The molecule has 0 spiro atoms. The molecule has 0 aromatic carbocycles. The van der Waals surface area contributed by atoms with Crippen molar-refractivity contribution in [2.75, 3.05) is 13.1 Å². The van der Waals surface area contributed by atoms with Crippen molar-refractivity contribution in [3.05, 3.63) is 0 Å². The summed E-state index contributed by atoms with van der Waals surface area (Å²) in [5.74, 6) is 2.85.